The van der Waals surface area contributed by atoms with Gasteiger partial charge in [0.05, 0.1) is 26.7 Å². The molecule has 0 heterocycles. The first kappa shape index (κ1) is 14.7. The number of rotatable bonds is 8. The van der Waals surface area contributed by atoms with Crippen molar-refractivity contribution in [2.75, 3.05) is 40.7 Å². The lowest BCUT2D eigenvalue weighted by molar-refractivity contribution is -0.140. The van der Waals surface area contributed by atoms with Gasteiger partial charge in [-0.25, -0.2) is 4.79 Å². The highest BCUT2D eigenvalue weighted by molar-refractivity contribution is 5.75. The van der Waals surface area contributed by atoms with Crippen molar-refractivity contribution in [2.45, 2.75) is 6.42 Å². The predicted octanol–water partition coefficient (Wildman–Crippen LogP) is -0.531. The third-order valence-corrected chi connectivity index (χ3v) is 1.61. The monoisotopic (exact) mass is 234 g/mol. The van der Waals surface area contributed by atoms with E-state index in [-0.39, 0.29) is 31.7 Å². The van der Waals surface area contributed by atoms with Crippen molar-refractivity contribution >= 4 is 12.0 Å². The molecule has 7 nitrogen and oxygen atoms in total. The number of methoxy groups -OCH3 is 2. The topological polar surface area (TPSA) is 85.9 Å². The third kappa shape index (κ3) is 9.22. The van der Waals surface area contributed by atoms with Gasteiger partial charge in [-0.3, -0.25) is 4.79 Å². The number of hydrogen-bond acceptors (Lipinski definition) is 5. The first-order valence-corrected chi connectivity index (χ1v) is 4.86. The molecule has 2 amide bonds. The molecule has 0 aromatic heterocycles. The minimum absolute atomic E-state index is 0.105. The Bertz CT molecular complexity index is 210. The molecule has 0 aliphatic carbocycles. The van der Waals surface area contributed by atoms with Crippen LogP contribution < -0.4 is 10.6 Å². The van der Waals surface area contributed by atoms with Crippen molar-refractivity contribution in [1.29, 1.82) is 0 Å². The molecule has 7 heteroatoms. The average Bonchev–Trinajstić information content (AvgIpc) is 2.28. The summed E-state index contributed by atoms with van der Waals surface area (Å²) in [6, 6.07) is -0.388. The molecular formula is C9H18N2O5. The molecule has 0 bridgehead atoms. The van der Waals surface area contributed by atoms with E-state index >= 15 is 0 Å². The highest BCUT2D eigenvalue weighted by atomic mass is 16.5. The van der Waals surface area contributed by atoms with Gasteiger partial charge in [0, 0.05) is 13.7 Å². The smallest absolute Gasteiger partial charge is 0.316 e. The molecule has 0 radical (unpaired) electrons. The molecule has 16 heavy (non-hydrogen) atoms. The zero-order valence-corrected chi connectivity index (χ0v) is 9.58. The fourth-order valence-electron chi connectivity index (χ4n) is 0.774. The number of nitrogens with one attached hydrogen (secondary N) is 2. The van der Waals surface area contributed by atoms with Crippen LogP contribution in [0.4, 0.5) is 4.79 Å². The van der Waals surface area contributed by atoms with Crippen LogP contribution in [0.5, 0.6) is 0 Å². The van der Waals surface area contributed by atoms with E-state index in [4.69, 9.17) is 9.47 Å². The first-order chi connectivity index (χ1) is 7.70. The summed E-state index contributed by atoms with van der Waals surface area (Å²) in [6.45, 7) is 1.23. The standard InChI is InChI=1S/C9H18N2O5/c1-14-5-6-16-7-11-9(13)10-4-3-8(12)15-2/h3-7H2,1-2H3,(H2,10,11,13). The largest absolute Gasteiger partial charge is 0.469 e. The minimum Gasteiger partial charge on any atom is -0.469 e. The van der Waals surface area contributed by atoms with E-state index in [2.05, 4.69) is 15.4 Å². The van der Waals surface area contributed by atoms with Gasteiger partial charge in [0.1, 0.15) is 6.73 Å². The van der Waals surface area contributed by atoms with Gasteiger partial charge < -0.3 is 24.8 Å². The van der Waals surface area contributed by atoms with Crippen LogP contribution in [-0.2, 0) is 19.0 Å². The SMILES string of the molecule is COCCOCNC(=O)NCCC(=O)OC. The van der Waals surface area contributed by atoms with Crippen LogP contribution in [0.15, 0.2) is 0 Å². The Morgan fingerprint density at radius 2 is 1.88 bits per heavy atom. The average molecular weight is 234 g/mol. The molecule has 0 aliphatic rings. The Labute approximate surface area is 94.4 Å². The Morgan fingerprint density at radius 3 is 2.50 bits per heavy atom. The number of amides is 2. The molecule has 0 spiro atoms. The van der Waals surface area contributed by atoms with E-state index in [1.54, 1.807) is 7.11 Å². The molecular weight excluding hydrogens is 216 g/mol. The van der Waals surface area contributed by atoms with Gasteiger partial charge in [-0.15, -0.1) is 0 Å². The Kier molecular flexibility index (Phi) is 9.33. The molecule has 0 saturated heterocycles. The van der Waals surface area contributed by atoms with Gasteiger partial charge in [0.25, 0.3) is 0 Å². The number of ether oxygens (including phenoxy) is 3. The highest BCUT2D eigenvalue weighted by Gasteiger charge is 2.02. The molecule has 94 valence electrons. The van der Waals surface area contributed by atoms with Crippen LogP contribution in [0.3, 0.4) is 0 Å². The summed E-state index contributed by atoms with van der Waals surface area (Å²) >= 11 is 0. The van der Waals surface area contributed by atoms with Gasteiger partial charge in [0.2, 0.25) is 0 Å². The summed E-state index contributed by atoms with van der Waals surface area (Å²) in [5.74, 6) is -0.364. The van der Waals surface area contributed by atoms with Crippen molar-refractivity contribution in [1.82, 2.24) is 10.6 Å². The lowest BCUT2D eigenvalue weighted by atomic mass is 10.4. The number of urea groups is 1. The molecule has 0 unspecified atom stereocenters. The maximum Gasteiger partial charge on any atom is 0.316 e. The maximum atomic E-state index is 11.1. The third-order valence-electron chi connectivity index (χ3n) is 1.61. The molecule has 0 aliphatic heterocycles. The summed E-state index contributed by atoms with van der Waals surface area (Å²) < 4.78 is 14.2. The van der Waals surface area contributed by atoms with Crippen LogP contribution in [0, 0.1) is 0 Å². The van der Waals surface area contributed by atoms with E-state index in [0.29, 0.717) is 13.2 Å². The molecule has 0 atom stereocenters. The summed E-state index contributed by atoms with van der Waals surface area (Å²) in [5.41, 5.74) is 0. The van der Waals surface area contributed by atoms with Crippen molar-refractivity contribution in [2.24, 2.45) is 0 Å². The Morgan fingerprint density at radius 1 is 1.12 bits per heavy atom. The fraction of sp³-hybridized carbons (Fsp3) is 0.778. The molecule has 0 rings (SSSR count). The summed E-state index contributed by atoms with van der Waals surface area (Å²) in [6.07, 6.45) is 0.147. The summed E-state index contributed by atoms with van der Waals surface area (Å²) in [5, 5.41) is 4.93. The molecule has 0 aromatic carbocycles. The summed E-state index contributed by atoms with van der Waals surface area (Å²) in [7, 11) is 2.86. The van der Waals surface area contributed by atoms with Crippen molar-refractivity contribution in [3.05, 3.63) is 0 Å². The normalized spacial score (nSPS) is 9.62. The van der Waals surface area contributed by atoms with E-state index in [1.807, 2.05) is 0 Å². The fourth-order valence-corrected chi connectivity index (χ4v) is 0.774. The van der Waals surface area contributed by atoms with Crippen LogP contribution in [0.1, 0.15) is 6.42 Å². The van der Waals surface area contributed by atoms with Crippen LogP contribution in [0.25, 0.3) is 0 Å². The molecule has 2 N–H and O–H groups in total. The van der Waals surface area contributed by atoms with E-state index < -0.39 is 0 Å². The lowest BCUT2D eigenvalue weighted by Crippen LogP contribution is -2.38. The molecule has 0 saturated carbocycles. The number of carbonyl (C=O) groups is 2. The van der Waals surface area contributed by atoms with Crippen LogP contribution >= 0.6 is 0 Å². The van der Waals surface area contributed by atoms with Crippen LogP contribution in [-0.4, -0.2) is 52.7 Å². The zero-order valence-electron chi connectivity index (χ0n) is 9.58. The van der Waals surface area contributed by atoms with E-state index in [9.17, 15) is 9.59 Å². The van der Waals surface area contributed by atoms with Crippen molar-refractivity contribution < 1.29 is 23.8 Å². The van der Waals surface area contributed by atoms with Crippen LogP contribution in [0.2, 0.25) is 0 Å². The lowest BCUT2D eigenvalue weighted by Gasteiger charge is -2.07. The second kappa shape index (κ2) is 10.2. The maximum absolute atomic E-state index is 11.1. The predicted molar refractivity (Wildman–Crippen MR) is 55.9 cm³/mol. The number of carbonyl (C=O) groups excluding carboxylic acids is 2. The quantitative estimate of drug-likeness (QED) is 0.335. The molecule has 0 fully saturated rings. The van der Waals surface area contributed by atoms with E-state index in [1.165, 1.54) is 7.11 Å². The second-order valence-corrected chi connectivity index (χ2v) is 2.80. The van der Waals surface area contributed by atoms with Gasteiger partial charge in [-0.2, -0.15) is 0 Å². The molecule has 0 aromatic rings. The second-order valence-electron chi connectivity index (χ2n) is 2.80. The van der Waals surface area contributed by atoms with Crippen molar-refractivity contribution in [3.63, 3.8) is 0 Å². The van der Waals surface area contributed by atoms with Gasteiger partial charge in [-0.1, -0.05) is 0 Å². The van der Waals surface area contributed by atoms with Gasteiger partial charge >= 0.3 is 12.0 Å². The zero-order chi connectivity index (χ0) is 12.2. The summed E-state index contributed by atoms with van der Waals surface area (Å²) in [4.78, 5) is 21.8. The minimum atomic E-state index is -0.388. The number of hydrogen-bond donors (Lipinski definition) is 2. The highest BCUT2D eigenvalue weighted by Crippen LogP contribution is 1.81. The van der Waals surface area contributed by atoms with E-state index in [0.717, 1.165) is 0 Å². The Balaban J connectivity index is 3.28. The van der Waals surface area contributed by atoms with Gasteiger partial charge in [-0.05, 0) is 0 Å². The van der Waals surface area contributed by atoms with Gasteiger partial charge in [0.15, 0.2) is 0 Å². The number of esters is 1. The Hall–Kier alpha value is -1.34. The van der Waals surface area contributed by atoms with Crippen molar-refractivity contribution in [3.8, 4) is 0 Å². The first-order valence-electron chi connectivity index (χ1n) is 4.86.